The lowest BCUT2D eigenvalue weighted by molar-refractivity contribution is 0.513. The van der Waals surface area contributed by atoms with Crippen molar-refractivity contribution in [1.82, 2.24) is 30.1 Å². The first-order chi connectivity index (χ1) is 18.0. The van der Waals surface area contributed by atoms with Crippen LogP contribution in [0, 0.1) is 5.82 Å². The molecule has 0 bridgehead atoms. The minimum Gasteiger partial charge on any atom is -0.352 e. The van der Waals surface area contributed by atoms with Crippen LogP contribution in [0.4, 0.5) is 10.2 Å². The number of nitrogens with two attached hydrogens (primary N) is 1. The minimum atomic E-state index is -0.288. The maximum absolute atomic E-state index is 13.8. The van der Waals surface area contributed by atoms with Gasteiger partial charge in [-0.1, -0.05) is 24.8 Å². The van der Waals surface area contributed by atoms with Crippen molar-refractivity contribution in [1.29, 1.82) is 0 Å². The molecule has 0 atom stereocenters. The molecule has 0 unspecified atom stereocenters. The van der Waals surface area contributed by atoms with Crippen LogP contribution in [-0.2, 0) is 0 Å². The van der Waals surface area contributed by atoms with Crippen LogP contribution >= 0.6 is 0 Å². The Kier molecular flexibility index (Phi) is 5.61. The Bertz CT molecular complexity index is 1760. The highest BCUT2D eigenvalue weighted by Crippen LogP contribution is 2.30. The number of halogens is 1. The van der Waals surface area contributed by atoms with Crippen molar-refractivity contribution in [3.05, 3.63) is 83.3 Å². The molecule has 1 aromatic carbocycles. The summed E-state index contributed by atoms with van der Waals surface area (Å²) in [7, 11) is 0. The van der Waals surface area contributed by atoms with Crippen molar-refractivity contribution in [3.8, 4) is 22.5 Å². The average Bonchev–Trinajstić information content (AvgIpc) is 3.48. The molecule has 5 heterocycles. The summed E-state index contributed by atoms with van der Waals surface area (Å²) in [4.78, 5) is 18.9. The SMILES string of the molecule is C=c1c(-c2cc3c(-c4cccc(F)c4)cncc3[nH]2)n[nH]/c1=C/C=C(\C)c1cncc(N2CC(N)C2)n1. The smallest absolute Gasteiger partial charge is 0.147 e. The lowest BCUT2D eigenvalue weighted by Crippen LogP contribution is -2.56. The maximum Gasteiger partial charge on any atom is 0.147 e. The Morgan fingerprint density at radius 3 is 2.81 bits per heavy atom. The Morgan fingerprint density at radius 2 is 2.00 bits per heavy atom. The third kappa shape index (κ3) is 4.30. The molecule has 6 rings (SSSR count). The summed E-state index contributed by atoms with van der Waals surface area (Å²) in [5.41, 5.74) is 11.6. The standard InChI is InChI=1S/C28H25FN8/c1-16(25-11-32-13-27(34-25)37-14-20(30)15-37)6-7-23-17(2)28(36-35-23)24-9-21-22(10-31-12-26(21)33-24)18-4-3-5-19(29)8-18/h3-13,20,33,35H,2,14-15,30H2,1H3/b16-6+,23-7+. The molecule has 8 nitrogen and oxygen atoms in total. The van der Waals surface area contributed by atoms with Crippen LogP contribution in [0.2, 0.25) is 0 Å². The maximum atomic E-state index is 13.8. The molecule has 9 heteroatoms. The highest BCUT2D eigenvalue weighted by Gasteiger charge is 2.24. The Labute approximate surface area is 212 Å². The fourth-order valence-corrected chi connectivity index (χ4v) is 4.50. The number of pyridine rings is 1. The zero-order valence-corrected chi connectivity index (χ0v) is 20.2. The van der Waals surface area contributed by atoms with Gasteiger partial charge in [0.2, 0.25) is 0 Å². The summed E-state index contributed by atoms with van der Waals surface area (Å²) >= 11 is 0. The number of hydrogen-bond acceptors (Lipinski definition) is 6. The molecule has 0 spiro atoms. The summed E-state index contributed by atoms with van der Waals surface area (Å²) in [5, 5.41) is 10.1. The fourth-order valence-electron chi connectivity index (χ4n) is 4.50. The van der Waals surface area contributed by atoms with Gasteiger partial charge in [-0.2, -0.15) is 5.10 Å². The Hall–Kier alpha value is -4.63. The summed E-state index contributed by atoms with van der Waals surface area (Å²) in [5.74, 6) is 0.545. The van der Waals surface area contributed by atoms with E-state index in [0.717, 1.165) is 68.5 Å². The van der Waals surface area contributed by atoms with Crippen molar-refractivity contribution in [2.24, 2.45) is 5.73 Å². The van der Waals surface area contributed by atoms with E-state index in [0.29, 0.717) is 5.69 Å². The van der Waals surface area contributed by atoms with E-state index >= 15 is 0 Å². The number of hydrogen-bond donors (Lipinski definition) is 3. The molecule has 0 saturated carbocycles. The fraction of sp³-hybridized carbons (Fsp3) is 0.143. The van der Waals surface area contributed by atoms with Crippen molar-refractivity contribution in [3.63, 3.8) is 0 Å². The van der Waals surface area contributed by atoms with Gasteiger partial charge in [-0.05, 0) is 42.3 Å². The van der Waals surface area contributed by atoms with Crippen LogP contribution in [-0.4, -0.2) is 49.3 Å². The van der Waals surface area contributed by atoms with Crippen LogP contribution in [0.1, 0.15) is 12.6 Å². The molecule has 5 aromatic rings. The summed E-state index contributed by atoms with van der Waals surface area (Å²) in [6.45, 7) is 7.83. The number of H-pyrrole nitrogens is 2. The predicted molar refractivity (Wildman–Crippen MR) is 144 cm³/mol. The molecule has 1 saturated heterocycles. The minimum absolute atomic E-state index is 0.196. The molecule has 184 valence electrons. The second-order valence-corrected chi connectivity index (χ2v) is 9.25. The first-order valence-corrected chi connectivity index (χ1v) is 11.9. The van der Waals surface area contributed by atoms with Crippen LogP contribution in [0.5, 0.6) is 0 Å². The van der Waals surface area contributed by atoms with Crippen molar-refractivity contribution < 1.29 is 4.39 Å². The summed E-state index contributed by atoms with van der Waals surface area (Å²) in [6.07, 6.45) is 10.9. The predicted octanol–water partition coefficient (Wildman–Crippen LogP) is 2.99. The monoisotopic (exact) mass is 492 g/mol. The van der Waals surface area contributed by atoms with Gasteiger partial charge in [-0.15, -0.1) is 0 Å². The summed E-state index contributed by atoms with van der Waals surface area (Å²) in [6, 6.07) is 8.69. The van der Waals surface area contributed by atoms with Crippen molar-refractivity contribution in [2.45, 2.75) is 13.0 Å². The quantitative estimate of drug-likeness (QED) is 0.348. The van der Waals surface area contributed by atoms with Gasteiger partial charge in [-0.3, -0.25) is 15.1 Å². The van der Waals surface area contributed by atoms with Gasteiger partial charge in [0.15, 0.2) is 0 Å². The van der Waals surface area contributed by atoms with Gasteiger partial charge >= 0.3 is 0 Å². The number of benzene rings is 1. The van der Waals surface area contributed by atoms with E-state index in [1.165, 1.54) is 12.1 Å². The van der Waals surface area contributed by atoms with Gasteiger partial charge in [0.25, 0.3) is 0 Å². The van der Waals surface area contributed by atoms with E-state index in [4.69, 9.17) is 10.7 Å². The Morgan fingerprint density at radius 1 is 1.16 bits per heavy atom. The molecule has 0 amide bonds. The number of aromatic nitrogens is 6. The number of rotatable bonds is 5. The molecule has 4 N–H and O–H groups in total. The number of allylic oxidation sites excluding steroid dienone is 2. The van der Waals surface area contributed by atoms with E-state index in [1.807, 2.05) is 31.2 Å². The zero-order valence-electron chi connectivity index (χ0n) is 20.2. The molecule has 1 aliphatic rings. The second kappa shape index (κ2) is 9.11. The molecular weight excluding hydrogens is 467 g/mol. The third-order valence-corrected chi connectivity index (χ3v) is 6.60. The average molecular weight is 493 g/mol. The van der Waals surface area contributed by atoms with Gasteiger partial charge in [0.05, 0.1) is 40.8 Å². The van der Waals surface area contributed by atoms with Crippen LogP contribution in [0.25, 0.3) is 51.6 Å². The van der Waals surface area contributed by atoms with Gasteiger partial charge < -0.3 is 15.6 Å². The molecule has 4 aromatic heterocycles. The van der Waals surface area contributed by atoms with E-state index < -0.39 is 0 Å². The highest BCUT2D eigenvalue weighted by molar-refractivity contribution is 5.97. The van der Waals surface area contributed by atoms with E-state index in [9.17, 15) is 4.39 Å². The number of aromatic amines is 2. The molecule has 1 fully saturated rings. The number of anilines is 1. The van der Waals surface area contributed by atoms with E-state index in [-0.39, 0.29) is 11.9 Å². The van der Waals surface area contributed by atoms with Crippen LogP contribution in [0.3, 0.4) is 0 Å². The number of nitrogens with one attached hydrogen (secondary N) is 2. The number of fused-ring (bicyclic) bond motifs is 1. The topological polar surface area (TPSA) is 112 Å². The zero-order chi connectivity index (χ0) is 25.5. The second-order valence-electron chi connectivity index (χ2n) is 9.25. The molecule has 37 heavy (non-hydrogen) atoms. The third-order valence-electron chi connectivity index (χ3n) is 6.60. The van der Waals surface area contributed by atoms with Crippen LogP contribution < -0.4 is 21.2 Å². The molecule has 1 aliphatic heterocycles. The normalized spacial score (nSPS) is 14.9. The van der Waals surface area contributed by atoms with Crippen LogP contribution in [0.15, 0.2) is 61.2 Å². The van der Waals surface area contributed by atoms with Gasteiger partial charge in [0, 0.05) is 41.5 Å². The van der Waals surface area contributed by atoms with Gasteiger partial charge in [0.1, 0.15) is 17.3 Å². The largest absolute Gasteiger partial charge is 0.352 e. The Balaban J connectivity index is 1.32. The molecular formula is C28H25FN8. The number of nitrogens with zero attached hydrogens (tertiary/aromatic N) is 5. The van der Waals surface area contributed by atoms with E-state index in [2.05, 4.69) is 36.6 Å². The first-order valence-electron chi connectivity index (χ1n) is 11.9. The van der Waals surface area contributed by atoms with Crippen molar-refractivity contribution >= 4 is 34.9 Å². The van der Waals surface area contributed by atoms with E-state index in [1.54, 1.807) is 30.9 Å². The molecule has 0 aliphatic carbocycles. The van der Waals surface area contributed by atoms with Crippen molar-refractivity contribution in [2.75, 3.05) is 18.0 Å². The lowest BCUT2D eigenvalue weighted by atomic mass is 10.0. The first kappa shape index (κ1) is 22.8. The summed E-state index contributed by atoms with van der Waals surface area (Å²) < 4.78 is 13.8. The lowest BCUT2D eigenvalue weighted by Gasteiger charge is -2.37. The molecule has 0 radical (unpaired) electrons. The highest BCUT2D eigenvalue weighted by atomic mass is 19.1. The van der Waals surface area contributed by atoms with Gasteiger partial charge in [-0.25, -0.2) is 9.37 Å².